The SMILES string of the molecule is O=C1NC2(CCN(C(=O)CSc3ccncc3)CC2)Nc2ccccc21. The Morgan fingerprint density at radius 2 is 1.85 bits per heavy atom. The summed E-state index contributed by atoms with van der Waals surface area (Å²) in [5, 5.41) is 6.58. The second-order valence-corrected chi connectivity index (χ2v) is 7.61. The molecule has 7 heteroatoms. The average Bonchev–Trinajstić information content (AvgIpc) is 2.67. The lowest BCUT2D eigenvalue weighted by Crippen LogP contribution is -2.62. The number of carbonyl (C=O) groups excluding carboxylic acids is 2. The number of hydrogen-bond acceptors (Lipinski definition) is 5. The van der Waals surface area contributed by atoms with Crippen LogP contribution >= 0.6 is 11.8 Å². The van der Waals surface area contributed by atoms with Crippen LogP contribution in [-0.4, -0.2) is 46.2 Å². The Hall–Kier alpha value is -2.54. The summed E-state index contributed by atoms with van der Waals surface area (Å²) in [6, 6.07) is 11.3. The zero-order valence-electron chi connectivity index (χ0n) is 14.3. The maximum atomic E-state index is 12.5. The summed E-state index contributed by atoms with van der Waals surface area (Å²) in [7, 11) is 0. The van der Waals surface area contributed by atoms with Gasteiger partial charge in [-0.15, -0.1) is 11.8 Å². The van der Waals surface area contributed by atoms with Crippen LogP contribution in [-0.2, 0) is 4.79 Å². The molecule has 1 spiro atoms. The molecule has 4 rings (SSSR count). The number of aromatic nitrogens is 1. The van der Waals surface area contributed by atoms with Crippen LogP contribution in [0.3, 0.4) is 0 Å². The number of amides is 2. The van der Waals surface area contributed by atoms with Crippen molar-refractivity contribution in [2.75, 3.05) is 24.2 Å². The van der Waals surface area contributed by atoms with E-state index in [-0.39, 0.29) is 11.8 Å². The van der Waals surface area contributed by atoms with Gasteiger partial charge in [-0.05, 0) is 24.3 Å². The number of hydrogen-bond donors (Lipinski definition) is 2. The first kappa shape index (κ1) is 16.9. The first-order valence-corrected chi connectivity index (χ1v) is 9.64. The fraction of sp³-hybridized carbons (Fsp3) is 0.316. The maximum Gasteiger partial charge on any atom is 0.255 e. The Morgan fingerprint density at radius 3 is 2.62 bits per heavy atom. The van der Waals surface area contributed by atoms with Crippen LogP contribution in [0.25, 0.3) is 0 Å². The summed E-state index contributed by atoms with van der Waals surface area (Å²) in [4.78, 5) is 31.8. The Balaban J connectivity index is 1.35. The molecule has 26 heavy (non-hydrogen) atoms. The van der Waals surface area contributed by atoms with E-state index in [1.165, 1.54) is 11.8 Å². The number of pyridine rings is 1. The molecule has 6 nitrogen and oxygen atoms in total. The van der Waals surface area contributed by atoms with Gasteiger partial charge >= 0.3 is 0 Å². The number of fused-ring (bicyclic) bond motifs is 1. The molecule has 2 amide bonds. The van der Waals surface area contributed by atoms with Gasteiger partial charge in [0.1, 0.15) is 5.66 Å². The molecule has 0 saturated carbocycles. The predicted octanol–water partition coefficient (Wildman–Crippen LogP) is 2.35. The fourth-order valence-electron chi connectivity index (χ4n) is 3.42. The van der Waals surface area contributed by atoms with Crippen LogP contribution in [0.2, 0.25) is 0 Å². The minimum absolute atomic E-state index is 0.0487. The van der Waals surface area contributed by atoms with Crippen LogP contribution < -0.4 is 10.6 Å². The second kappa shape index (κ2) is 6.99. The number of likely N-dealkylation sites (tertiary alicyclic amines) is 1. The van der Waals surface area contributed by atoms with E-state index in [9.17, 15) is 9.59 Å². The molecule has 0 aliphatic carbocycles. The predicted molar refractivity (Wildman–Crippen MR) is 101 cm³/mol. The maximum absolute atomic E-state index is 12.5. The third kappa shape index (κ3) is 3.39. The first-order valence-electron chi connectivity index (χ1n) is 8.66. The number of para-hydroxylation sites is 1. The second-order valence-electron chi connectivity index (χ2n) is 6.56. The monoisotopic (exact) mass is 368 g/mol. The van der Waals surface area contributed by atoms with Crippen LogP contribution in [0.1, 0.15) is 23.2 Å². The van der Waals surface area contributed by atoms with Gasteiger partial charge in [0, 0.05) is 48.9 Å². The molecule has 1 aromatic heterocycles. The van der Waals surface area contributed by atoms with Gasteiger partial charge in [-0.3, -0.25) is 14.6 Å². The third-order valence-corrected chi connectivity index (χ3v) is 5.88. The molecule has 1 saturated heterocycles. The number of thioether (sulfide) groups is 1. The molecule has 1 fully saturated rings. The smallest absolute Gasteiger partial charge is 0.255 e. The number of anilines is 1. The minimum Gasteiger partial charge on any atom is -0.362 e. The summed E-state index contributed by atoms with van der Waals surface area (Å²) < 4.78 is 0. The lowest BCUT2D eigenvalue weighted by Gasteiger charge is -2.45. The van der Waals surface area contributed by atoms with Crippen molar-refractivity contribution in [3.05, 3.63) is 54.4 Å². The minimum atomic E-state index is -0.458. The van der Waals surface area contributed by atoms with E-state index >= 15 is 0 Å². The Morgan fingerprint density at radius 1 is 1.12 bits per heavy atom. The molecule has 3 heterocycles. The molecule has 0 bridgehead atoms. The third-order valence-electron chi connectivity index (χ3n) is 4.88. The summed E-state index contributed by atoms with van der Waals surface area (Å²) in [6.45, 7) is 1.26. The highest BCUT2D eigenvalue weighted by atomic mass is 32.2. The normalized spacial score (nSPS) is 18.0. The van der Waals surface area contributed by atoms with Crippen molar-refractivity contribution < 1.29 is 9.59 Å². The van der Waals surface area contributed by atoms with Crippen LogP contribution in [0.15, 0.2) is 53.7 Å². The summed E-state index contributed by atoms with van der Waals surface area (Å²) in [5.41, 5.74) is 1.08. The molecule has 2 aliphatic rings. The standard InChI is InChI=1S/C19H20N4O2S/c24-17(13-26-14-5-9-20-10-6-14)23-11-7-19(8-12-23)21-16-4-2-1-3-15(16)18(25)22-19/h1-6,9-10,21H,7-8,11-13H2,(H,22,25). The molecular weight excluding hydrogens is 348 g/mol. The molecule has 2 N–H and O–H groups in total. The van der Waals surface area contributed by atoms with E-state index in [1.807, 2.05) is 41.3 Å². The molecule has 2 aromatic rings. The lowest BCUT2D eigenvalue weighted by atomic mass is 9.92. The molecule has 0 atom stereocenters. The van der Waals surface area contributed by atoms with E-state index in [2.05, 4.69) is 15.6 Å². The van der Waals surface area contributed by atoms with Crippen molar-refractivity contribution in [2.24, 2.45) is 0 Å². The van der Waals surface area contributed by atoms with Crippen molar-refractivity contribution in [1.82, 2.24) is 15.2 Å². The fourth-order valence-corrected chi connectivity index (χ4v) is 4.21. The van der Waals surface area contributed by atoms with E-state index in [0.29, 0.717) is 37.2 Å². The topological polar surface area (TPSA) is 74.3 Å². The van der Waals surface area contributed by atoms with Gasteiger partial charge in [-0.2, -0.15) is 0 Å². The number of carbonyl (C=O) groups is 2. The molecule has 134 valence electrons. The Kier molecular flexibility index (Phi) is 4.55. The van der Waals surface area contributed by atoms with Gasteiger partial charge in [0.2, 0.25) is 5.91 Å². The van der Waals surface area contributed by atoms with Crippen LogP contribution in [0.5, 0.6) is 0 Å². The van der Waals surface area contributed by atoms with Gasteiger partial charge in [-0.25, -0.2) is 0 Å². The van der Waals surface area contributed by atoms with E-state index in [1.54, 1.807) is 12.4 Å². The summed E-state index contributed by atoms with van der Waals surface area (Å²) in [5.74, 6) is 0.496. The molecular formula is C19H20N4O2S. The van der Waals surface area contributed by atoms with E-state index in [0.717, 1.165) is 10.6 Å². The summed E-state index contributed by atoms with van der Waals surface area (Å²) >= 11 is 1.52. The first-order chi connectivity index (χ1) is 12.7. The number of benzene rings is 1. The molecule has 0 radical (unpaired) electrons. The number of rotatable bonds is 3. The Labute approximate surface area is 156 Å². The van der Waals surface area contributed by atoms with Gasteiger partial charge in [-0.1, -0.05) is 12.1 Å². The lowest BCUT2D eigenvalue weighted by molar-refractivity contribution is -0.129. The zero-order valence-corrected chi connectivity index (χ0v) is 15.1. The van der Waals surface area contributed by atoms with Crippen LogP contribution in [0, 0.1) is 0 Å². The van der Waals surface area contributed by atoms with Gasteiger partial charge in [0.15, 0.2) is 0 Å². The van der Waals surface area contributed by atoms with Crippen molar-refractivity contribution >= 4 is 29.3 Å². The molecule has 0 unspecified atom stereocenters. The zero-order chi connectivity index (χ0) is 18.0. The largest absolute Gasteiger partial charge is 0.362 e. The number of nitrogens with one attached hydrogen (secondary N) is 2. The van der Waals surface area contributed by atoms with E-state index < -0.39 is 5.66 Å². The van der Waals surface area contributed by atoms with Crippen molar-refractivity contribution in [3.63, 3.8) is 0 Å². The number of nitrogens with zero attached hydrogens (tertiary/aromatic N) is 2. The van der Waals surface area contributed by atoms with Crippen molar-refractivity contribution in [2.45, 2.75) is 23.4 Å². The highest BCUT2D eigenvalue weighted by Crippen LogP contribution is 2.31. The molecule has 1 aromatic carbocycles. The Bertz CT molecular complexity index is 819. The van der Waals surface area contributed by atoms with Gasteiger partial charge in [0.25, 0.3) is 5.91 Å². The number of piperidine rings is 1. The van der Waals surface area contributed by atoms with Crippen LogP contribution in [0.4, 0.5) is 5.69 Å². The highest BCUT2D eigenvalue weighted by molar-refractivity contribution is 8.00. The summed E-state index contributed by atoms with van der Waals surface area (Å²) in [6.07, 6.45) is 4.84. The van der Waals surface area contributed by atoms with Gasteiger partial charge < -0.3 is 15.5 Å². The van der Waals surface area contributed by atoms with Gasteiger partial charge in [0.05, 0.1) is 11.3 Å². The average molecular weight is 368 g/mol. The molecule has 2 aliphatic heterocycles. The van der Waals surface area contributed by atoms with Crippen molar-refractivity contribution in [1.29, 1.82) is 0 Å². The quantitative estimate of drug-likeness (QED) is 0.814. The van der Waals surface area contributed by atoms with E-state index in [4.69, 9.17) is 0 Å². The highest BCUT2D eigenvalue weighted by Gasteiger charge is 2.40. The van der Waals surface area contributed by atoms with Crippen molar-refractivity contribution in [3.8, 4) is 0 Å².